The van der Waals surface area contributed by atoms with Crippen LogP contribution in [-0.4, -0.2) is 15.0 Å². The van der Waals surface area contributed by atoms with Crippen LogP contribution < -0.4 is 0 Å². The van der Waals surface area contributed by atoms with Crippen LogP contribution in [0, 0.1) is 23.7 Å². The minimum absolute atomic E-state index is 0.0617. The van der Waals surface area contributed by atoms with E-state index in [0.717, 1.165) is 45.7 Å². The predicted molar refractivity (Wildman–Crippen MR) is 185 cm³/mol. The van der Waals surface area contributed by atoms with E-state index in [-0.39, 0.29) is 5.41 Å². The Hall–Kier alpha value is -4.89. The monoisotopic (exact) mass is 593 g/mol. The summed E-state index contributed by atoms with van der Waals surface area (Å²) in [5.74, 6) is 3.97. The number of hydrogen-bond acceptors (Lipinski definition) is 3. The van der Waals surface area contributed by atoms with Crippen molar-refractivity contribution in [1.29, 1.82) is 0 Å². The largest absolute Gasteiger partial charge is 0.256 e. The van der Waals surface area contributed by atoms with Crippen molar-refractivity contribution in [1.82, 2.24) is 15.0 Å². The molecule has 46 heavy (non-hydrogen) atoms. The lowest BCUT2D eigenvalue weighted by molar-refractivity contribution is -0.0399. The average Bonchev–Trinajstić information content (AvgIpc) is 3.41. The Balaban J connectivity index is 1.15. The van der Waals surface area contributed by atoms with Gasteiger partial charge in [0.15, 0.2) is 5.82 Å². The van der Waals surface area contributed by atoms with Crippen molar-refractivity contribution >= 4 is 0 Å². The summed E-state index contributed by atoms with van der Waals surface area (Å²) in [4.78, 5) is 15.6. The number of fused-ring (bicyclic) bond motifs is 3. The van der Waals surface area contributed by atoms with Gasteiger partial charge in [0.1, 0.15) is 0 Å². The van der Waals surface area contributed by atoms with Crippen LogP contribution in [0.5, 0.6) is 0 Å². The molecular weight excluding hydrogens is 558 g/mol. The first-order chi connectivity index (χ1) is 22.7. The molecule has 0 unspecified atom stereocenters. The second kappa shape index (κ2) is 10.1. The van der Waals surface area contributed by atoms with Gasteiger partial charge < -0.3 is 0 Å². The highest BCUT2D eigenvalue weighted by molar-refractivity contribution is 5.83. The highest BCUT2D eigenvalue weighted by atomic mass is 14.9. The molecule has 0 atom stereocenters. The van der Waals surface area contributed by atoms with Gasteiger partial charge in [-0.1, -0.05) is 97.1 Å². The van der Waals surface area contributed by atoms with Gasteiger partial charge in [-0.3, -0.25) is 4.98 Å². The summed E-state index contributed by atoms with van der Waals surface area (Å²) >= 11 is 0. The minimum atomic E-state index is 0.0617. The number of benzene rings is 4. The van der Waals surface area contributed by atoms with E-state index >= 15 is 0 Å². The fourth-order valence-electron chi connectivity index (χ4n) is 10.1. The lowest BCUT2D eigenvalue weighted by atomic mass is 9.43. The van der Waals surface area contributed by atoms with Crippen LogP contribution in [0.1, 0.15) is 43.2 Å². The van der Waals surface area contributed by atoms with Crippen molar-refractivity contribution in [2.24, 2.45) is 23.7 Å². The average molecular weight is 594 g/mol. The Morgan fingerprint density at radius 1 is 0.478 bits per heavy atom. The summed E-state index contributed by atoms with van der Waals surface area (Å²) in [5.41, 5.74) is 13.1. The van der Waals surface area contributed by atoms with Crippen molar-refractivity contribution in [3.05, 3.63) is 139 Å². The molecule has 0 amide bonds. The maximum atomic E-state index is 5.31. The van der Waals surface area contributed by atoms with Crippen molar-refractivity contribution in [2.45, 2.75) is 37.5 Å². The van der Waals surface area contributed by atoms with E-state index in [9.17, 15) is 0 Å². The zero-order valence-corrected chi connectivity index (χ0v) is 25.8. The first-order valence-electron chi connectivity index (χ1n) is 16.9. The van der Waals surface area contributed by atoms with Gasteiger partial charge in [-0.05, 0) is 102 Å². The fraction of sp³-hybridized carbons (Fsp3) is 0.233. The second-order valence-electron chi connectivity index (χ2n) is 14.1. The summed E-state index contributed by atoms with van der Waals surface area (Å²) in [6.07, 6.45) is 8.84. The molecule has 2 heterocycles. The maximum absolute atomic E-state index is 5.31. The molecule has 0 N–H and O–H groups in total. The molecule has 2 aromatic heterocycles. The van der Waals surface area contributed by atoms with Crippen molar-refractivity contribution in [2.75, 3.05) is 0 Å². The number of rotatable bonds is 4. The number of nitrogens with zero attached hydrogens (tertiary/aromatic N) is 3. The molecule has 3 nitrogen and oxygen atoms in total. The molecule has 0 aliphatic heterocycles. The Labute approximate surface area is 270 Å². The lowest BCUT2D eigenvalue weighted by Crippen LogP contribution is -2.55. The third-order valence-electron chi connectivity index (χ3n) is 11.7. The summed E-state index contributed by atoms with van der Waals surface area (Å²) in [5, 5.41) is 0. The van der Waals surface area contributed by atoms with Crippen molar-refractivity contribution < 1.29 is 0 Å². The Kier molecular flexibility index (Phi) is 5.76. The van der Waals surface area contributed by atoms with Crippen LogP contribution in [0.15, 0.2) is 128 Å². The Bertz CT molecular complexity index is 2090. The maximum Gasteiger partial charge on any atom is 0.160 e. The van der Waals surface area contributed by atoms with Crippen LogP contribution in [0.4, 0.5) is 0 Å². The van der Waals surface area contributed by atoms with E-state index in [1.807, 2.05) is 6.20 Å². The van der Waals surface area contributed by atoms with E-state index in [0.29, 0.717) is 11.8 Å². The van der Waals surface area contributed by atoms with Crippen LogP contribution in [0.3, 0.4) is 0 Å². The van der Waals surface area contributed by atoms with E-state index in [1.165, 1.54) is 65.6 Å². The van der Waals surface area contributed by atoms with E-state index in [4.69, 9.17) is 15.0 Å². The molecule has 0 radical (unpaired) electrons. The molecular formula is C43H35N3. The molecule has 4 bridgehead atoms. The first kappa shape index (κ1) is 26.3. The van der Waals surface area contributed by atoms with Gasteiger partial charge in [0.25, 0.3) is 0 Å². The van der Waals surface area contributed by atoms with Crippen LogP contribution >= 0.6 is 0 Å². The van der Waals surface area contributed by atoms with Gasteiger partial charge in [-0.25, -0.2) is 9.97 Å². The fourth-order valence-corrected chi connectivity index (χ4v) is 10.1. The van der Waals surface area contributed by atoms with Crippen LogP contribution in [-0.2, 0) is 5.41 Å². The van der Waals surface area contributed by atoms with Gasteiger partial charge in [-0.2, -0.15) is 0 Å². The molecule has 5 aliphatic carbocycles. The van der Waals surface area contributed by atoms with E-state index in [2.05, 4.69) is 121 Å². The standard InChI is InChI=1S/C43H35N3/c1-3-9-29(10-4-1)31-13-7-14-32(24-31)40-26-39(30-11-5-2-6-12-30)45-42(46-40)33-16-17-36-38(25-33)43(37-15-8-18-44-41(36)37)34-20-27-19-28(22-34)23-35(43)21-27/h1-18,24-28,34-35H,19-23H2. The molecule has 11 rings (SSSR count). The molecule has 1 spiro atoms. The molecule has 6 aromatic rings. The van der Waals surface area contributed by atoms with Gasteiger partial charge in [0.2, 0.25) is 0 Å². The van der Waals surface area contributed by atoms with Crippen LogP contribution in [0.25, 0.3) is 56.3 Å². The third kappa shape index (κ3) is 3.87. The smallest absolute Gasteiger partial charge is 0.160 e. The molecule has 5 aliphatic rings. The molecule has 4 fully saturated rings. The van der Waals surface area contributed by atoms with Gasteiger partial charge in [0.05, 0.1) is 17.1 Å². The topological polar surface area (TPSA) is 38.7 Å². The zero-order valence-electron chi connectivity index (χ0n) is 25.8. The van der Waals surface area contributed by atoms with Gasteiger partial charge >= 0.3 is 0 Å². The lowest BCUT2D eigenvalue weighted by Gasteiger charge is -2.61. The van der Waals surface area contributed by atoms with Crippen molar-refractivity contribution in [3.63, 3.8) is 0 Å². The molecule has 4 saturated carbocycles. The SMILES string of the molecule is c1ccc(-c2cccc(-c3cc(-c4ccccc4)nc(-c4ccc5c(c4)C4(c6cccnc6-5)C5CC6CC(C5)CC4C6)n3)c2)cc1. The van der Waals surface area contributed by atoms with Gasteiger partial charge in [-0.15, -0.1) is 0 Å². The van der Waals surface area contributed by atoms with E-state index in [1.54, 1.807) is 0 Å². The van der Waals surface area contributed by atoms with E-state index < -0.39 is 0 Å². The Morgan fingerprint density at radius 3 is 1.87 bits per heavy atom. The van der Waals surface area contributed by atoms with Gasteiger partial charge in [0, 0.05) is 33.9 Å². The quantitative estimate of drug-likeness (QED) is 0.204. The molecule has 0 saturated heterocycles. The summed E-state index contributed by atoms with van der Waals surface area (Å²) in [6.45, 7) is 0. The van der Waals surface area contributed by atoms with Crippen LogP contribution in [0.2, 0.25) is 0 Å². The highest BCUT2D eigenvalue weighted by Gasteiger charge is 2.61. The Morgan fingerprint density at radius 2 is 1.13 bits per heavy atom. The predicted octanol–water partition coefficient (Wildman–Crippen LogP) is 10.3. The number of aromatic nitrogens is 3. The summed E-state index contributed by atoms with van der Waals surface area (Å²) in [6, 6.07) is 43.6. The highest BCUT2D eigenvalue weighted by Crippen LogP contribution is 2.69. The van der Waals surface area contributed by atoms with Crippen molar-refractivity contribution in [3.8, 4) is 56.3 Å². The third-order valence-corrected chi connectivity index (χ3v) is 11.7. The summed E-state index contributed by atoms with van der Waals surface area (Å²) < 4.78 is 0. The molecule has 222 valence electrons. The molecule has 4 aromatic carbocycles. The second-order valence-corrected chi connectivity index (χ2v) is 14.1. The normalized spacial score (nSPS) is 25.0. The number of pyridine rings is 1. The zero-order chi connectivity index (χ0) is 30.2. The molecule has 3 heteroatoms. The first-order valence-corrected chi connectivity index (χ1v) is 16.9. The number of hydrogen-bond donors (Lipinski definition) is 0. The minimum Gasteiger partial charge on any atom is -0.256 e. The summed E-state index contributed by atoms with van der Waals surface area (Å²) in [7, 11) is 0.